The van der Waals surface area contributed by atoms with Crippen LogP contribution < -0.4 is 5.73 Å². The first-order valence-corrected chi connectivity index (χ1v) is 5.31. The van der Waals surface area contributed by atoms with Crippen molar-refractivity contribution in [2.45, 2.75) is 18.4 Å². The van der Waals surface area contributed by atoms with Gasteiger partial charge in [-0.1, -0.05) is 0 Å². The summed E-state index contributed by atoms with van der Waals surface area (Å²) in [6, 6.07) is 5.76. The smallest absolute Gasteiger partial charge is 0.148 e. The zero-order valence-electron chi connectivity index (χ0n) is 8.80. The van der Waals surface area contributed by atoms with E-state index in [0.717, 1.165) is 29.9 Å². The summed E-state index contributed by atoms with van der Waals surface area (Å²) >= 11 is 0. The van der Waals surface area contributed by atoms with Gasteiger partial charge in [-0.25, -0.2) is 9.97 Å². The second-order valence-corrected chi connectivity index (χ2v) is 4.16. The van der Waals surface area contributed by atoms with E-state index in [-0.39, 0.29) is 5.54 Å². The summed E-state index contributed by atoms with van der Waals surface area (Å²) in [6.45, 7) is 0. The van der Waals surface area contributed by atoms with Gasteiger partial charge >= 0.3 is 0 Å². The van der Waals surface area contributed by atoms with E-state index < -0.39 is 0 Å². The lowest BCUT2D eigenvalue weighted by Gasteiger charge is -2.08. The molecule has 0 unspecified atom stereocenters. The van der Waals surface area contributed by atoms with Gasteiger partial charge in [0.25, 0.3) is 0 Å². The molecule has 0 aliphatic heterocycles. The number of rotatable bonds is 2. The number of hydrogen-bond donors (Lipinski definition) is 1. The van der Waals surface area contributed by atoms with Gasteiger partial charge in [-0.2, -0.15) is 0 Å². The van der Waals surface area contributed by atoms with Crippen LogP contribution in [0, 0.1) is 0 Å². The highest BCUT2D eigenvalue weighted by molar-refractivity contribution is 5.57. The number of hydrogen-bond acceptors (Lipinski definition) is 4. The van der Waals surface area contributed by atoms with E-state index in [4.69, 9.17) is 5.73 Å². The van der Waals surface area contributed by atoms with E-state index in [0.29, 0.717) is 0 Å². The minimum atomic E-state index is -0.275. The van der Waals surface area contributed by atoms with E-state index in [2.05, 4.69) is 15.0 Å². The maximum Gasteiger partial charge on any atom is 0.148 e. The molecule has 0 amide bonds. The molecule has 2 aromatic rings. The monoisotopic (exact) mass is 212 g/mol. The molecule has 1 aliphatic rings. The summed E-state index contributed by atoms with van der Waals surface area (Å²) in [5, 5.41) is 0. The van der Waals surface area contributed by atoms with E-state index in [9.17, 15) is 0 Å². The van der Waals surface area contributed by atoms with Crippen LogP contribution in [0.4, 0.5) is 0 Å². The first kappa shape index (κ1) is 9.42. The summed E-state index contributed by atoms with van der Waals surface area (Å²) in [6.07, 6.45) is 7.24. The normalized spacial score (nSPS) is 17.1. The first-order chi connectivity index (χ1) is 7.78. The van der Waals surface area contributed by atoms with Gasteiger partial charge in [0.15, 0.2) is 0 Å². The Hall–Kier alpha value is -1.81. The molecule has 0 atom stereocenters. The maximum absolute atomic E-state index is 6.08. The summed E-state index contributed by atoms with van der Waals surface area (Å²) in [7, 11) is 0. The van der Waals surface area contributed by atoms with Crippen LogP contribution in [0.2, 0.25) is 0 Å². The fourth-order valence-electron chi connectivity index (χ4n) is 1.64. The Bertz CT molecular complexity index is 505. The molecule has 3 rings (SSSR count). The van der Waals surface area contributed by atoms with E-state index in [1.54, 1.807) is 18.6 Å². The Morgan fingerprint density at radius 3 is 2.50 bits per heavy atom. The lowest BCUT2D eigenvalue weighted by molar-refractivity contribution is 0.673. The predicted octanol–water partition coefficient (Wildman–Crippen LogP) is 1.49. The van der Waals surface area contributed by atoms with Crippen molar-refractivity contribution in [3.8, 4) is 11.3 Å². The third kappa shape index (κ3) is 1.57. The standard InChI is InChI=1S/C12H12N4/c13-12(4-5-12)11-15-8-3-10(16-11)9-1-6-14-7-2-9/h1-3,6-8H,4-5,13H2. The predicted molar refractivity (Wildman–Crippen MR) is 60.4 cm³/mol. The molecule has 0 spiro atoms. The van der Waals surface area contributed by atoms with Crippen LogP contribution >= 0.6 is 0 Å². The zero-order chi connectivity index (χ0) is 11.0. The average molecular weight is 212 g/mol. The van der Waals surface area contributed by atoms with Crippen LogP contribution in [-0.4, -0.2) is 15.0 Å². The summed E-state index contributed by atoms with van der Waals surface area (Å²) in [5.41, 5.74) is 7.75. The van der Waals surface area contributed by atoms with Crippen LogP contribution in [0.25, 0.3) is 11.3 Å². The van der Waals surface area contributed by atoms with Crippen LogP contribution in [0.15, 0.2) is 36.8 Å². The third-order valence-corrected chi connectivity index (χ3v) is 2.87. The molecule has 1 aliphatic carbocycles. The highest BCUT2D eigenvalue weighted by Gasteiger charge is 2.43. The van der Waals surface area contributed by atoms with Gasteiger partial charge in [0.1, 0.15) is 5.82 Å². The molecule has 0 radical (unpaired) electrons. The Balaban J connectivity index is 2.03. The number of aromatic nitrogens is 3. The Morgan fingerprint density at radius 2 is 1.81 bits per heavy atom. The summed E-state index contributed by atoms with van der Waals surface area (Å²) in [5.74, 6) is 0.752. The summed E-state index contributed by atoms with van der Waals surface area (Å²) < 4.78 is 0. The minimum Gasteiger partial charge on any atom is -0.319 e. The number of pyridine rings is 1. The molecule has 4 nitrogen and oxygen atoms in total. The molecule has 1 fully saturated rings. The Labute approximate surface area is 93.6 Å². The first-order valence-electron chi connectivity index (χ1n) is 5.31. The van der Waals surface area contributed by atoms with Crippen molar-refractivity contribution in [2.24, 2.45) is 5.73 Å². The lowest BCUT2D eigenvalue weighted by atomic mass is 10.2. The van der Waals surface area contributed by atoms with Gasteiger partial charge in [0.05, 0.1) is 11.2 Å². The van der Waals surface area contributed by atoms with Gasteiger partial charge in [-0.05, 0) is 31.0 Å². The highest BCUT2D eigenvalue weighted by atomic mass is 15.0. The molecule has 16 heavy (non-hydrogen) atoms. The van der Waals surface area contributed by atoms with Crippen molar-refractivity contribution in [1.82, 2.24) is 15.0 Å². The second kappa shape index (κ2) is 3.35. The SMILES string of the molecule is NC1(c2nccc(-c3ccncc3)n2)CC1. The average Bonchev–Trinajstić information content (AvgIpc) is 3.10. The quantitative estimate of drug-likeness (QED) is 0.819. The van der Waals surface area contributed by atoms with Crippen LogP contribution in [-0.2, 0) is 5.54 Å². The van der Waals surface area contributed by atoms with Crippen molar-refractivity contribution < 1.29 is 0 Å². The molecule has 4 heteroatoms. The molecule has 80 valence electrons. The van der Waals surface area contributed by atoms with Crippen molar-refractivity contribution >= 4 is 0 Å². The van der Waals surface area contributed by atoms with Gasteiger partial charge in [-0.15, -0.1) is 0 Å². The Kier molecular flexibility index (Phi) is 1.97. The van der Waals surface area contributed by atoms with Gasteiger partial charge in [-0.3, -0.25) is 4.98 Å². The third-order valence-electron chi connectivity index (χ3n) is 2.87. The fraction of sp³-hybridized carbons (Fsp3) is 0.250. The van der Waals surface area contributed by atoms with Crippen molar-refractivity contribution in [3.63, 3.8) is 0 Å². The molecular weight excluding hydrogens is 200 g/mol. The van der Waals surface area contributed by atoms with Gasteiger partial charge in [0, 0.05) is 24.2 Å². The van der Waals surface area contributed by atoms with Crippen molar-refractivity contribution in [2.75, 3.05) is 0 Å². The highest BCUT2D eigenvalue weighted by Crippen LogP contribution is 2.40. The van der Waals surface area contributed by atoms with E-state index >= 15 is 0 Å². The van der Waals surface area contributed by atoms with Crippen molar-refractivity contribution in [3.05, 3.63) is 42.6 Å². The number of nitrogens with zero attached hydrogens (tertiary/aromatic N) is 3. The molecular formula is C12H12N4. The molecule has 2 heterocycles. The zero-order valence-corrected chi connectivity index (χ0v) is 8.80. The van der Waals surface area contributed by atoms with Crippen molar-refractivity contribution in [1.29, 1.82) is 0 Å². The summed E-state index contributed by atoms with van der Waals surface area (Å²) in [4.78, 5) is 12.7. The Morgan fingerprint density at radius 1 is 1.06 bits per heavy atom. The molecule has 0 aromatic carbocycles. The van der Waals surface area contributed by atoms with Crippen LogP contribution in [0.3, 0.4) is 0 Å². The second-order valence-electron chi connectivity index (χ2n) is 4.16. The van der Waals surface area contributed by atoms with Crippen LogP contribution in [0.5, 0.6) is 0 Å². The maximum atomic E-state index is 6.08. The molecule has 2 N–H and O–H groups in total. The molecule has 2 aromatic heterocycles. The topological polar surface area (TPSA) is 64.7 Å². The molecule has 0 saturated heterocycles. The lowest BCUT2D eigenvalue weighted by Crippen LogP contribution is -2.22. The molecule has 1 saturated carbocycles. The van der Waals surface area contributed by atoms with Gasteiger partial charge in [0.2, 0.25) is 0 Å². The minimum absolute atomic E-state index is 0.275. The van der Waals surface area contributed by atoms with E-state index in [1.165, 1.54) is 0 Å². The largest absolute Gasteiger partial charge is 0.319 e. The van der Waals surface area contributed by atoms with E-state index in [1.807, 2.05) is 18.2 Å². The van der Waals surface area contributed by atoms with Crippen LogP contribution in [0.1, 0.15) is 18.7 Å². The number of nitrogens with two attached hydrogens (primary N) is 1. The van der Waals surface area contributed by atoms with Gasteiger partial charge < -0.3 is 5.73 Å². The fourth-order valence-corrected chi connectivity index (χ4v) is 1.64. The molecule has 0 bridgehead atoms.